The highest BCUT2D eigenvalue weighted by molar-refractivity contribution is 5.43. The SMILES string of the molecule is C[n+]1ccc(C(c2cc[n+](C)cc2)C2CCC(C3NCCN3)c3ccccc32)cc1. The van der Waals surface area contributed by atoms with Crippen molar-refractivity contribution in [3.63, 3.8) is 0 Å². The fraction of sp³-hybridized carbons (Fsp3) is 0.385. The Morgan fingerprint density at radius 2 is 1.27 bits per heavy atom. The van der Waals surface area contributed by atoms with Crippen molar-refractivity contribution in [1.29, 1.82) is 0 Å². The quantitative estimate of drug-likeness (QED) is 0.660. The van der Waals surface area contributed by atoms with E-state index in [1.807, 2.05) is 0 Å². The van der Waals surface area contributed by atoms with Crippen molar-refractivity contribution < 1.29 is 9.13 Å². The number of hydrogen-bond donors (Lipinski definition) is 2. The third kappa shape index (κ3) is 3.66. The largest absolute Gasteiger partial charge is 0.300 e. The van der Waals surface area contributed by atoms with Crippen LogP contribution in [-0.4, -0.2) is 19.3 Å². The molecule has 4 heteroatoms. The van der Waals surface area contributed by atoms with Crippen molar-refractivity contribution >= 4 is 0 Å². The molecular formula is C26H32N4+2. The summed E-state index contributed by atoms with van der Waals surface area (Å²) in [6, 6.07) is 18.4. The minimum absolute atomic E-state index is 0.360. The molecule has 3 aromatic rings. The maximum absolute atomic E-state index is 3.67. The van der Waals surface area contributed by atoms with Crippen LogP contribution >= 0.6 is 0 Å². The van der Waals surface area contributed by atoms with Crippen LogP contribution in [0.3, 0.4) is 0 Å². The Morgan fingerprint density at radius 1 is 0.733 bits per heavy atom. The third-order valence-corrected chi connectivity index (χ3v) is 6.97. The van der Waals surface area contributed by atoms with Gasteiger partial charge in [0.1, 0.15) is 14.1 Å². The molecule has 0 radical (unpaired) electrons. The zero-order chi connectivity index (χ0) is 20.5. The zero-order valence-corrected chi connectivity index (χ0v) is 18.0. The van der Waals surface area contributed by atoms with Crippen LogP contribution in [0.15, 0.2) is 73.3 Å². The molecule has 2 aliphatic rings. The third-order valence-electron chi connectivity index (χ3n) is 6.97. The van der Waals surface area contributed by atoms with Gasteiger partial charge in [-0.1, -0.05) is 24.3 Å². The van der Waals surface area contributed by atoms with Crippen LogP contribution in [0.5, 0.6) is 0 Å². The molecule has 154 valence electrons. The molecule has 0 amide bonds. The molecule has 0 spiro atoms. The Bertz CT molecular complexity index is 945. The minimum Gasteiger partial charge on any atom is -0.300 e. The predicted octanol–water partition coefficient (Wildman–Crippen LogP) is 2.65. The van der Waals surface area contributed by atoms with Crippen molar-refractivity contribution in [3.8, 4) is 0 Å². The van der Waals surface area contributed by atoms with Gasteiger partial charge in [-0.3, -0.25) is 0 Å². The van der Waals surface area contributed by atoms with E-state index in [-0.39, 0.29) is 0 Å². The molecule has 1 fully saturated rings. The van der Waals surface area contributed by atoms with Gasteiger partial charge < -0.3 is 10.6 Å². The van der Waals surface area contributed by atoms with Gasteiger partial charge in [0.25, 0.3) is 0 Å². The first-order valence-electron chi connectivity index (χ1n) is 11.2. The van der Waals surface area contributed by atoms with Crippen molar-refractivity contribution in [2.75, 3.05) is 13.1 Å². The van der Waals surface area contributed by atoms with Gasteiger partial charge in [0.2, 0.25) is 0 Å². The smallest absolute Gasteiger partial charge is 0.168 e. The number of fused-ring (bicyclic) bond motifs is 1. The van der Waals surface area contributed by atoms with Crippen LogP contribution in [-0.2, 0) is 14.1 Å². The van der Waals surface area contributed by atoms with Gasteiger partial charge in [-0.2, -0.15) is 0 Å². The minimum atomic E-state index is 0.360. The summed E-state index contributed by atoms with van der Waals surface area (Å²) in [7, 11) is 4.17. The summed E-state index contributed by atoms with van der Waals surface area (Å²) in [5.41, 5.74) is 5.85. The zero-order valence-electron chi connectivity index (χ0n) is 18.0. The van der Waals surface area contributed by atoms with E-state index in [1.165, 1.54) is 35.1 Å². The molecule has 2 N–H and O–H groups in total. The molecule has 0 saturated carbocycles. The first-order valence-corrected chi connectivity index (χ1v) is 11.2. The normalized spacial score (nSPS) is 21.7. The molecule has 1 saturated heterocycles. The Balaban J connectivity index is 1.59. The second kappa shape index (κ2) is 8.29. The number of aryl methyl sites for hydroxylation is 2. The summed E-state index contributed by atoms with van der Waals surface area (Å²) < 4.78 is 4.24. The Morgan fingerprint density at radius 3 is 1.83 bits per heavy atom. The van der Waals surface area contributed by atoms with E-state index in [9.17, 15) is 0 Å². The first kappa shape index (κ1) is 19.4. The lowest BCUT2D eigenvalue weighted by atomic mass is 9.67. The molecule has 5 rings (SSSR count). The van der Waals surface area contributed by atoms with E-state index in [1.54, 1.807) is 0 Å². The van der Waals surface area contributed by atoms with E-state index in [2.05, 4.69) is 107 Å². The van der Waals surface area contributed by atoms with Crippen molar-refractivity contribution in [3.05, 3.63) is 95.6 Å². The Kier molecular flexibility index (Phi) is 5.36. The fourth-order valence-corrected chi connectivity index (χ4v) is 5.46. The van der Waals surface area contributed by atoms with Crippen molar-refractivity contribution in [2.45, 2.75) is 36.8 Å². The average molecular weight is 401 g/mol. The van der Waals surface area contributed by atoms with Gasteiger partial charge >= 0.3 is 0 Å². The van der Waals surface area contributed by atoms with Gasteiger partial charge in [-0.05, 0) is 41.0 Å². The highest BCUT2D eigenvalue weighted by Gasteiger charge is 2.37. The van der Waals surface area contributed by atoms with E-state index in [4.69, 9.17) is 0 Å². The number of rotatable bonds is 4. The molecule has 4 nitrogen and oxygen atoms in total. The van der Waals surface area contributed by atoms with Crippen LogP contribution in [0.1, 0.15) is 52.8 Å². The van der Waals surface area contributed by atoms with Crippen LogP contribution in [0.2, 0.25) is 0 Å². The summed E-state index contributed by atoms with van der Waals surface area (Å²) in [5, 5.41) is 7.34. The monoisotopic (exact) mass is 400 g/mol. The standard InChI is InChI=1S/C26H32N4/c1-29-15-9-19(10-16-29)25(20-11-17-30(2)18-12-20)23-7-8-24(26-27-13-14-28-26)22-6-4-3-5-21(22)23/h3-6,9-12,15-18,23-28H,7-8,13-14H2,1-2H3/q+2. The Hall–Kier alpha value is -2.56. The lowest BCUT2D eigenvalue weighted by Crippen LogP contribution is -2.40. The van der Waals surface area contributed by atoms with Gasteiger partial charge in [-0.15, -0.1) is 0 Å². The van der Waals surface area contributed by atoms with E-state index >= 15 is 0 Å². The summed E-state index contributed by atoms with van der Waals surface area (Å²) in [6.45, 7) is 2.13. The summed E-state index contributed by atoms with van der Waals surface area (Å²) in [4.78, 5) is 0. The number of aromatic nitrogens is 2. The topological polar surface area (TPSA) is 31.8 Å². The van der Waals surface area contributed by atoms with Gasteiger partial charge in [0.15, 0.2) is 24.8 Å². The van der Waals surface area contributed by atoms with E-state index in [0.717, 1.165) is 13.1 Å². The molecule has 30 heavy (non-hydrogen) atoms. The second-order valence-corrected chi connectivity index (χ2v) is 8.88. The highest BCUT2D eigenvalue weighted by Crippen LogP contribution is 2.48. The van der Waals surface area contributed by atoms with Gasteiger partial charge in [0, 0.05) is 49.2 Å². The first-order chi connectivity index (χ1) is 14.7. The summed E-state index contributed by atoms with van der Waals surface area (Å²) in [6.07, 6.45) is 11.5. The lowest BCUT2D eigenvalue weighted by Gasteiger charge is -2.38. The number of benzene rings is 1. The second-order valence-electron chi connectivity index (χ2n) is 8.88. The molecule has 1 aliphatic carbocycles. The predicted molar refractivity (Wildman–Crippen MR) is 118 cm³/mol. The Labute approximate surface area is 179 Å². The summed E-state index contributed by atoms with van der Waals surface area (Å²) >= 11 is 0. The molecule has 2 unspecified atom stereocenters. The molecular weight excluding hydrogens is 368 g/mol. The van der Waals surface area contributed by atoms with Crippen molar-refractivity contribution in [2.24, 2.45) is 14.1 Å². The highest BCUT2D eigenvalue weighted by atomic mass is 15.2. The van der Waals surface area contributed by atoms with Crippen LogP contribution in [0.25, 0.3) is 0 Å². The summed E-state index contributed by atoms with van der Waals surface area (Å²) in [5.74, 6) is 1.39. The van der Waals surface area contributed by atoms with Gasteiger partial charge in [-0.25, -0.2) is 9.13 Å². The van der Waals surface area contributed by atoms with Crippen molar-refractivity contribution in [1.82, 2.24) is 10.6 Å². The number of pyridine rings is 2. The van der Waals surface area contributed by atoms with E-state index in [0.29, 0.717) is 23.9 Å². The molecule has 2 atom stereocenters. The number of hydrogen-bond acceptors (Lipinski definition) is 2. The average Bonchev–Trinajstić information content (AvgIpc) is 3.31. The molecule has 0 bridgehead atoms. The van der Waals surface area contributed by atoms with E-state index < -0.39 is 0 Å². The molecule has 1 aromatic carbocycles. The van der Waals surface area contributed by atoms with Gasteiger partial charge in [0.05, 0.1) is 6.17 Å². The maximum Gasteiger partial charge on any atom is 0.168 e. The van der Waals surface area contributed by atoms with Crippen LogP contribution < -0.4 is 19.8 Å². The maximum atomic E-state index is 3.67. The molecule has 1 aliphatic heterocycles. The number of nitrogens with one attached hydrogen (secondary N) is 2. The van der Waals surface area contributed by atoms with Crippen LogP contribution in [0.4, 0.5) is 0 Å². The lowest BCUT2D eigenvalue weighted by molar-refractivity contribution is -0.671. The van der Waals surface area contributed by atoms with Crippen LogP contribution in [0, 0.1) is 0 Å². The fourth-order valence-electron chi connectivity index (χ4n) is 5.46. The number of nitrogens with zero attached hydrogens (tertiary/aromatic N) is 2. The molecule has 3 heterocycles. The molecule has 2 aromatic heterocycles.